The SMILES string of the molecule is C.OC1(c2ccccc2)CCC(=S)N1CC1=Nc2ccccc2C1.OC1(c2ccccc2)CCC(=S)N1CCCc1ccccc1.OC1(c2ccccc2)CCC(=S)N1Cc1cccnc1. The van der Waals surface area contributed by atoms with Gasteiger partial charge in [-0.05, 0) is 41.7 Å². The number of rotatable bonds is 11. The van der Waals surface area contributed by atoms with E-state index in [9.17, 15) is 15.3 Å². The summed E-state index contributed by atoms with van der Waals surface area (Å²) in [6.45, 7) is 1.95. The molecular formula is C55H59N5O3S3. The fraction of sp³-hybridized carbons (Fsp3) is 0.291. The van der Waals surface area contributed by atoms with Crippen LogP contribution in [0.2, 0.25) is 0 Å². The first-order valence-electron chi connectivity index (χ1n) is 22.4. The van der Waals surface area contributed by atoms with E-state index >= 15 is 0 Å². The molecule has 11 heteroatoms. The van der Waals surface area contributed by atoms with Gasteiger partial charge in [-0.3, -0.25) is 9.98 Å². The molecular weight excluding hydrogens is 875 g/mol. The summed E-state index contributed by atoms with van der Waals surface area (Å²) in [6.07, 6.45) is 10.6. The van der Waals surface area contributed by atoms with Crippen LogP contribution in [0.3, 0.4) is 0 Å². The van der Waals surface area contributed by atoms with Crippen molar-refractivity contribution in [2.45, 2.75) is 88.9 Å². The highest BCUT2D eigenvalue weighted by Crippen LogP contribution is 2.41. The molecule has 5 heterocycles. The zero-order chi connectivity index (χ0) is 45.3. The van der Waals surface area contributed by atoms with Gasteiger partial charge in [0.25, 0.3) is 0 Å². The summed E-state index contributed by atoms with van der Waals surface area (Å²) < 4.78 is 0. The maximum absolute atomic E-state index is 11.3. The molecule has 1 aromatic heterocycles. The summed E-state index contributed by atoms with van der Waals surface area (Å²) in [6, 6.07) is 51.9. The molecule has 0 radical (unpaired) electrons. The fourth-order valence-electron chi connectivity index (χ4n) is 9.27. The van der Waals surface area contributed by atoms with Crippen LogP contribution in [-0.2, 0) is 36.6 Å². The first kappa shape index (κ1) is 48.4. The molecule has 6 aromatic rings. The summed E-state index contributed by atoms with van der Waals surface area (Å²) in [7, 11) is 0. The van der Waals surface area contributed by atoms with Gasteiger partial charge in [-0.25, -0.2) is 0 Å². The van der Waals surface area contributed by atoms with Crippen molar-refractivity contribution in [1.29, 1.82) is 0 Å². The predicted octanol–water partition coefficient (Wildman–Crippen LogP) is 11.0. The van der Waals surface area contributed by atoms with Gasteiger partial charge >= 0.3 is 0 Å². The molecule has 0 spiro atoms. The molecule has 10 rings (SSSR count). The summed E-state index contributed by atoms with van der Waals surface area (Å²) in [4.78, 5) is 17.2. The highest BCUT2D eigenvalue weighted by molar-refractivity contribution is 7.80. The Morgan fingerprint density at radius 2 is 0.939 bits per heavy atom. The highest BCUT2D eigenvalue weighted by Gasteiger charge is 2.45. The molecule has 0 aliphatic carbocycles. The Hall–Kier alpha value is -5.53. The van der Waals surface area contributed by atoms with Crippen LogP contribution in [0, 0.1) is 0 Å². The third kappa shape index (κ3) is 10.8. The topological polar surface area (TPSA) is 95.7 Å². The molecule has 0 saturated carbocycles. The number of aryl methyl sites for hydroxylation is 1. The van der Waals surface area contributed by atoms with E-state index in [2.05, 4.69) is 35.3 Å². The predicted molar refractivity (Wildman–Crippen MR) is 278 cm³/mol. The maximum Gasteiger partial charge on any atom is 0.165 e. The molecule has 3 unspecified atom stereocenters. The lowest BCUT2D eigenvalue weighted by molar-refractivity contribution is -0.0678. The van der Waals surface area contributed by atoms with Gasteiger partial charge in [-0.15, -0.1) is 0 Å². The smallest absolute Gasteiger partial charge is 0.165 e. The van der Waals surface area contributed by atoms with E-state index < -0.39 is 17.2 Å². The summed E-state index contributed by atoms with van der Waals surface area (Å²) in [5.41, 5.74) is 5.49. The van der Waals surface area contributed by atoms with Crippen LogP contribution in [0.25, 0.3) is 0 Å². The number of nitrogens with zero attached hydrogens (tertiary/aromatic N) is 5. The molecule has 340 valence electrons. The van der Waals surface area contributed by atoms with E-state index in [0.29, 0.717) is 32.4 Å². The third-order valence-corrected chi connectivity index (χ3v) is 14.0. The van der Waals surface area contributed by atoms with Gasteiger partial charge in [-0.2, -0.15) is 0 Å². The normalized spacial score (nSPS) is 21.9. The second-order valence-corrected chi connectivity index (χ2v) is 18.4. The Morgan fingerprint density at radius 3 is 1.44 bits per heavy atom. The van der Waals surface area contributed by atoms with Crippen LogP contribution in [0.4, 0.5) is 5.69 Å². The largest absolute Gasteiger partial charge is 0.367 e. The van der Waals surface area contributed by atoms with Crippen molar-refractivity contribution in [3.8, 4) is 0 Å². The van der Waals surface area contributed by atoms with E-state index in [1.54, 1.807) is 6.20 Å². The first-order chi connectivity index (χ1) is 31.6. The zero-order valence-corrected chi connectivity index (χ0v) is 38.9. The van der Waals surface area contributed by atoms with Crippen molar-refractivity contribution in [3.05, 3.63) is 203 Å². The monoisotopic (exact) mass is 933 g/mol. The molecule has 3 N–H and O–H groups in total. The number of aliphatic imine (C=N–C) groups is 1. The van der Waals surface area contributed by atoms with Gasteiger partial charge in [0.15, 0.2) is 17.2 Å². The van der Waals surface area contributed by atoms with Crippen molar-refractivity contribution in [2.75, 3.05) is 13.1 Å². The van der Waals surface area contributed by atoms with Crippen LogP contribution in [0.1, 0.15) is 85.8 Å². The third-order valence-electron chi connectivity index (χ3n) is 12.8. The average molecular weight is 934 g/mol. The molecule has 66 heavy (non-hydrogen) atoms. The Morgan fingerprint density at radius 1 is 0.500 bits per heavy atom. The lowest BCUT2D eigenvalue weighted by atomic mass is 9.99. The highest BCUT2D eigenvalue weighted by atomic mass is 32.1. The number of likely N-dealkylation sites (tertiary alicyclic amines) is 3. The van der Waals surface area contributed by atoms with Crippen molar-refractivity contribution in [2.24, 2.45) is 4.99 Å². The van der Waals surface area contributed by atoms with Crippen LogP contribution in [0.15, 0.2) is 175 Å². The minimum atomic E-state index is -1.02. The standard InChI is InChI=1S/C19H18N2OS.C19H21NOS.C16H16N2OS.CH4/c22-19(15-7-2-1-3-8-15)11-10-18(23)21(19)13-16-12-14-6-4-5-9-17(14)20-16;21-19(17-11-5-2-6-12-17)14-13-18(22)20(19)15-7-10-16-8-3-1-4-9-16;19-16(14-6-2-1-3-7-14)9-8-15(20)18(16)12-13-5-4-10-17-11-13;/h1-9,22H,10-13H2;1-6,8-9,11-12,21H,7,10,13-15H2;1-7,10-11,19H,8-9,12H2;1H4. The lowest BCUT2D eigenvalue weighted by Crippen LogP contribution is -2.45. The Kier molecular flexibility index (Phi) is 16.0. The van der Waals surface area contributed by atoms with E-state index in [1.165, 1.54) is 11.1 Å². The Labute approximate surface area is 406 Å². The summed E-state index contributed by atoms with van der Waals surface area (Å²) >= 11 is 16.4. The van der Waals surface area contributed by atoms with Gasteiger partial charge in [0.1, 0.15) is 0 Å². The fourth-order valence-corrected chi connectivity index (χ4v) is 10.2. The van der Waals surface area contributed by atoms with Crippen LogP contribution in [0.5, 0.6) is 0 Å². The molecule has 5 aromatic carbocycles. The number of fused-ring (bicyclic) bond motifs is 1. The number of benzene rings is 5. The van der Waals surface area contributed by atoms with Crippen molar-refractivity contribution < 1.29 is 15.3 Å². The second-order valence-electron chi connectivity index (χ2n) is 17.0. The molecule has 3 fully saturated rings. The number of pyridine rings is 1. The van der Waals surface area contributed by atoms with Crippen LogP contribution < -0.4 is 0 Å². The molecule has 3 atom stereocenters. The lowest BCUT2D eigenvalue weighted by Gasteiger charge is -2.35. The second kappa shape index (κ2) is 21.8. The van der Waals surface area contributed by atoms with Gasteiger partial charge in [0.05, 0.1) is 27.2 Å². The molecule has 0 bridgehead atoms. The van der Waals surface area contributed by atoms with E-state index in [1.807, 2.05) is 148 Å². The Bertz CT molecular complexity index is 2590. The molecule has 4 aliphatic heterocycles. The molecule has 4 aliphatic rings. The van der Waals surface area contributed by atoms with E-state index in [0.717, 1.165) is 93.7 Å². The minimum Gasteiger partial charge on any atom is -0.367 e. The minimum absolute atomic E-state index is 0. The maximum atomic E-state index is 11.3. The molecule has 3 saturated heterocycles. The average Bonchev–Trinajstić information content (AvgIpc) is 4.08. The van der Waals surface area contributed by atoms with Crippen molar-refractivity contribution >= 4 is 63.0 Å². The van der Waals surface area contributed by atoms with Gasteiger partial charge in [-0.1, -0.05) is 190 Å². The first-order valence-corrected chi connectivity index (χ1v) is 23.6. The molecule has 0 amide bonds. The number of aromatic nitrogens is 1. The van der Waals surface area contributed by atoms with Gasteiger partial charge in [0.2, 0.25) is 0 Å². The number of hydrogen-bond acceptors (Lipinski definition) is 8. The Balaban J connectivity index is 0.000000147. The van der Waals surface area contributed by atoms with E-state index in [-0.39, 0.29) is 7.43 Å². The van der Waals surface area contributed by atoms with Crippen LogP contribution in [-0.4, -0.2) is 68.8 Å². The van der Waals surface area contributed by atoms with Crippen molar-refractivity contribution in [3.63, 3.8) is 0 Å². The molecule has 8 nitrogen and oxygen atoms in total. The number of hydrogen-bond donors (Lipinski definition) is 3. The van der Waals surface area contributed by atoms with E-state index in [4.69, 9.17) is 41.6 Å². The number of aliphatic hydroxyl groups is 3. The quantitative estimate of drug-likeness (QED) is 0.109. The van der Waals surface area contributed by atoms with Crippen molar-refractivity contribution in [1.82, 2.24) is 19.7 Å². The van der Waals surface area contributed by atoms with Gasteiger partial charge in [0, 0.05) is 92.8 Å². The van der Waals surface area contributed by atoms with Crippen LogP contribution >= 0.6 is 36.7 Å². The summed E-state index contributed by atoms with van der Waals surface area (Å²) in [5.74, 6) is 0. The summed E-state index contributed by atoms with van der Waals surface area (Å²) in [5, 5.41) is 33.5. The zero-order valence-electron chi connectivity index (χ0n) is 36.5. The van der Waals surface area contributed by atoms with Gasteiger partial charge < -0.3 is 30.0 Å². The number of thiocarbonyl (C=S) groups is 3. The number of para-hydroxylation sites is 1.